The van der Waals surface area contributed by atoms with Crippen LogP contribution in [0.4, 0.5) is 22.7 Å². The van der Waals surface area contributed by atoms with Crippen LogP contribution in [0.3, 0.4) is 0 Å². The van der Waals surface area contributed by atoms with E-state index in [4.69, 9.17) is 19.2 Å². The number of benzene rings is 5. The Labute approximate surface area is 362 Å². The fourth-order valence-electron chi connectivity index (χ4n) is 9.05. The number of rotatable bonds is 11. The molecule has 0 aliphatic carbocycles. The maximum Gasteiger partial charge on any atom is 0.261 e. The van der Waals surface area contributed by atoms with Gasteiger partial charge in [0.25, 0.3) is 11.8 Å². The third-order valence-electron chi connectivity index (χ3n) is 12.3. The van der Waals surface area contributed by atoms with Gasteiger partial charge in [-0.05, 0) is 115 Å². The van der Waals surface area contributed by atoms with E-state index in [1.54, 1.807) is 19.1 Å². The highest BCUT2D eigenvalue weighted by Crippen LogP contribution is 2.42. The number of para-hydroxylation sites is 2. The van der Waals surface area contributed by atoms with Crippen LogP contribution in [0.15, 0.2) is 96.0 Å². The Morgan fingerprint density at radius 1 is 0.803 bits per heavy atom. The number of amides is 3. The molecule has 61 heavy (non-hydrogen) atoms. The first kappa shape index (κ1) is 40.3. The number of thiol groups is 1. The number of nitrogens with zero attached hydrogens (tertiary/aromatic N) is 4. The molecule has 0 spiro atoms. The summed E-state index contributed by atoms with van der Waals surface area (Å²) in [5.41, 5.74) is 10.1. The number of methoxy groups -OCH3 is 1. The molecule has 0 aromatic heterocycles. The molecule has 4 aliphatic rings. The van der Waals surface area contributed by atoms with Gasteiger partial charge in [0.15, 0.2) is 11.5 Å². The van der Waals surface area contributed by atoms with Crippen LogP contribution in [0.2, 0.25) is 0 Å². The number of anilines is 3. The average Bonchev–Trinajstić information content (AvgIpc) is 3.75. The van der Waals surface area contributed by atoms with E-state index in [1.807, 2.05) is 116 Å². The van der Waals surface area contributed by atoms with E-state index in [0.29, 0.717) is 52.6 Å². The fourth-order valence-corrected chi connectivity index (χ4v) is 9.16. The average molecular weight is 835 g/mol. The van der Waals surface area contributed by atoms with Gasteiger partial charge in [0.05, 0.1) is 24.4 Å². The van der Waals surface area contributed by atoms with Gasteiger partial charge >= 0.3 is 0 Å². The van der Waals surface area contributed by atoms with E-state index in [1.165, 1.54) is 5.56 Å². The molecule has 0 bridgehead atoms. The Bertz CT molecular complexity index is 2620. The molecule has 11 heteroatoms. The SMILES string of the molecule is COc1cc2c(cc1OCc1cc(COc3cc4c(cc3C)C(=O)N3c5ccccc5C[C@H]3C=N4)cc(N(C)C(=O)CCC(C)(C)S)c1)CC[C@@H]1Cc3ccccc3N1C2=O. The van der Waals surface area contributed by atoms with Gasteiger partial charge in [-0.2, -0.15) is 12.6 Å². The van der Waals surface area contributed by atoms with Crippen LogP contribution in [0, 0.1) is 6.92 Å². The number of carbonyl (C=O) groups is 3. The second-order valence-corrected chi connectivity index (χ2v) is 18.4. The monoisotopic (exact) mass is 834 g/mol. The molecule has 0 saturated carbocycles. The van der Waals surface area contributed by atoms with Crippen molar-refractivity contribution in [2.45, 2.75) is 89.3 Å². The second kappa shape index (κ2) is 16.1. The zero-order chi connectivity index (χ0) is 42.6. The number of aliphatic imine (C=N–C) groups is 1. The van der Waals surface area contributed by atoms with Gasteiger partial charge in [-0.1, -0.05) is 50.2 Å². The third kappa shape index (κ3) is 7.87. The zero-order valence-electron chi connectivity index (χ0n) is 35.2. The highest BCUT2D eigenvalue weighted by Gasteiger charge is 2.38. The van der Waals surface area contributed by atoms with Crippen LogP contribution in [0.5, 0.6) is 17.2 Å². The molecule has 0 unspecified atom stereocenters. The summed E-state index contributed by atoms with van der Waals surface area (Å²) in [5.74, 6) is 1.51. The van der Waals surface area contributed by atoms with Crippen LogP contribution in [0.1, 0.15) is 87.2 Å². The van der Waals surface area contributed by atoms with Gasteiger partial charge in [0.1, 0.15) is 19.0 Å². The minimum Gasteiger partial charge on any atom is -0.493 e. The third-order valence-corrected chi connectivity index (χ3v) is 12.6. The summed E-state index contributed by atoms with van der Waals surface area (Å²) in [6, 6.07) is 29.5. The van der Waals surface area contributed by atoms with Crippen molar-refractivity contribution >= 4 is 59.3 Å². The van der Waals surface area contributed by atoms with Crippen molar-refractivity contribution in [3.05, 3.63) is 136 Å². The predicted octanol–water partition coefficient (Wildman–Crippen LogP) is 9.42. The molecule has 9 rings (SSSR count). The molecular weight excluding hydrogens is 785 g/mol. The maximum absolute atomic E-state index is 14.1. The highest BCUT2D eigenvalue weighted by molar-refractivity contribution is 7.81. The van der Waals surface area contributed by atoms with Crippen molar-refractivity contribution in [3.63, 3.8) is 0 Å². The van der Waals surface area contributed by atoms with Crippen LogP contribution < -0.4 is 28.9 Å². The van der Waals surface area contributed by atoms with Gasteiger partial charge in [-0.25, -0.2) is 0 Å². The highest BCUT2D eigenvalue weighted by atomic mass is 32.1. The lowest BCUT2D eigenvalue weighted by molar-refractivity contribution is -0.118. The van der Waals surface area contributed by atoms with Crippen LogP contribution in [0.25, 0.3) is 0 Å². The number of ether oxygens (including phenoxy) is 3. The van der Waals surface area contributed by atoms with E-state index < -0.39 is 0 Å². The summed E-state index contributed by atoms with van der Waals surface area (Å²) in [6.45, 7) is 6.30. The molecule has 0 fully saturated rings. The molecule has 5 aromatic rings. The van der Waals surface area contributed by atoms with Gasteiger partial charge < -0.3 is 24.0 Å². The summed E-state index contributed by atoms with van der Waals surface area (Å²) in [4.78, 5) is 51.8. The first-order valence-corrected chi connectivity index (χ1v) is 21.4. The quantitative estimate of drug-likeness (QED) is 0.133. The smallest absolute Gasteiger partial charge is 0.261 e. The molecule has 0 saturated heterocycles. The number of carbonyl (C=O) groups excluding carboxylic acids is 3. The topological polar surface area (TPSA) is 101 Å². The van der Waals surface area contributed by atoms with E-state index in [-0.39, 0.29) is 47.8 Å². The molecule has 0 N–H and O–H groups in total. The molecule has 312 valence electrons. The minimum absolute atomic E-state index is 0.0205. The number of hydrogen-bond acceptors (Lipinski definition) is 8. The maximum atomic E-state index is 14.1. The van der Waals surface area contributed by atoms with Gasteiger partial charge in [0, 0.05) is 65.6 Å². The summed E-state index contributed by atoms with van der Waals surface area (Å²) < 4.78 is 18.5. The Morgan fingerprint density at radius 2 is 1.46 bits per heavy atom. The lowest BCUT2D eigenvalue weighted by Gasteiger charge is -2.23. The Balaban J connectivity index is 0.973. The van der Waals surface area contributed by atoms with E-state index in [0.717, 1.165) is 64.9 Å². The van der Waals surface area contributed by atoms with Crippen molar-refractivity contribution in [2.24, 2.45) is 4.99 Å². The molecule has 10 nitrogen and oxygen atoms in total. The first-order valence-electron chi connectivity index (χ1n) is 21.0. The summed E-state index contributed by atoms with van der Waals surface area (Å²) >= 11 is 4.64. The van der Waals surface area contributed by atoms with Gasteiger partial charge in [0.2, 0.25) is 5.91 Å². The van der Waals surface area contributed by atoms with Crippen molar-refractivity contribution in [3.8, 4) is 17.2 Å². The van der Waals surface area contributed by atoms with Gasteiger partial charge in [-0.15, -0.1) is 0 Å². The van der Waals surface area contributed by atoms with Crippen LogP contribution >= 0.6 is 12.6 Å². The molecule has 4 aliphatic heterocycles. The lowest BCUT2D eigenvalue weighted by atomic mass is 9.99. The first-order chi connectivity index (χ1) is 29.3. The Hall–Kier alpha value is -6.07. The fraction of sp³-hybridized carbons (Fsp3) is 0.320. The van der Waals surface area contributed by atoms with Crippen molar-refractivity contribution in [2.75, 3.05) is 28.9 Å². The standard InChI is InChI=1S/C50H50N4O6S/c1-30-18-40-41(51-27-38-23-35-11-7-9-13-43(35)54(38)49(40)57)26-44(30)59-28-31-19-32(21-37(20-31)52(4)47(55)16-17-50(2,3)61)29-60-46-24-33-14-15-36-22-34-10-6-8-12-42(34)53(36)48(56)39(33)25-45(46)58-5/h6-13,18-21,24-27,36,38,61H,14-17,22-23,28-29H2,1-5H3/t36-,38+/m1/s1. The van der Waals surface area contributed by atoms with E-state index in [2.05, 4.69) is 24.8 Å². The van der Waals surface area contributed by atoms with E-state index in [9.17, 15) is 14.4 Å². The minimum atomic E-state index is -0.287. The lowest BCUT2D eigenvalue weighted by Crippen LogP contribution is -2.37. The zero-order valence-corrected chi connectivity index (χ0v) is 36.1. The van der Waals surface area contributed by atoms with Crippen molar-refractivity contribution < 1.29 is 28.6 Å². The van der Waals surface area contributed by atoms with E-state index >= 15 is 0 Å². The predicted molar refractivity (Wildman–Crippen MR) is 243 cm³/mol. The Kier molecular flexibility index (Phi) is 10.6. The Morgan fingerprint density at radius 3 is 2.16 bits per heavy atom. The van der Waals surface area contributed by atoms with Crippen molar-refractivity contribution in [1.29, 1.82) is 0 Å². The molecule has 0 radical (unpaired) electrons. The molecular formula is C50H50N4O6S. The number of fused-ring (bicyclic) bond motifs is 8. The summed E-state index contributed by atoms with van der Waals surface area (Å²) in [7, 11) is 3.37. The normalized spacial score (nSPS) is 17.3. The number of aryl methyl sites for hydroxylation is 2. The van der Waals surface area contributed by atoms with Crippen molar-refractivity contribution in [1.82, 2.24) is 0 Å². The van der Waals surface area contributed by atoms with Crippen LogP contribution in [-0.2, 0) is 37.3 Å². The van der Waals surface area contributed by atoms with Crippen LogP contribution in [-0.4, -0.2) is 54.9 Å². The van der Waals surface area contributed by atoms with Gasteiger partial charge in [-0.3, -0.25) is 24.3 Å². The second-order valence-electron chi connectivity index (χ2n) is 17.2. The molecule has 2 atom stereocenters. The largest absolute Gasteiger partial charge is 0.493 e. The molecule has 4 heterocycles. The summed E-state index contributed by atoms with van der Waals surface area (Å²) in [5, 5.41) is 0. The number of hydrogen-bond donors (Lipinski definition) is 1. The molecule has 5 aromatic carbocycles. The summed E-state index contributed by atoms with van der Waals surface area (Å²) in [6.07, 6.45) is 5.97. The molecule has 3 amide bonds.